The van der Waals surface area contributed by atoms with Crippen molar-refractivity contribution in [3.8, 4) is 0 Å². The molecule has 7 heteroatoms. The molecule has 92 valence electrons. The molecule has 0 bridgehead atoms. The summed E-state index contributed by atoms with van der Waals surface area (Å²) in [6.07, 6.45) is 1.49. The summed E-state index contributed by atoms with van der Waals surface area (Å²) in [6.45, 7) is 8.29. The molecular formula is C10H16N6S. The summed E-state index contributed by atoms with van der Waals surface area (Å²) in [6, 6.07) is 0.0401. The topological polar surface area (TPSA) is 79.4 Å². The Morgan fingerprint density at radius 2 is 2.18 bits per heavy atom. The van der Waals surface area contributed by atoms with E-state index in [9.17, 15) is 0 Å². The number of rotatable bonds is 3. The van der Waals surface area contributed by atoms with Crippen LogP contribution < -0.4 is 5.32 Å². The van der Waals surface area contributed by atoms with Gasteiger partial charge in [-0.1, -0.05) is 20.8 Å². The predicted octanol–water partition coefficient (Wildman–Crippen LogP) is 2.13. The molecule has 0 spiro atoms. The van der Waals surface area contributed by atoms with E-state index in [0.29, 0.717) is 0 Å². The van der Waals surface area contributed by atoms with Gasteiger partial charge in [-0.25, -0.2) is 9.97 Å². The second-order valence-corrected chi connectivity index (χ2v) is 5.66. The summed E-state index contributed by atoms with van der Waals surface area (Å²) in [5.74, 6) is 1.65. The molecule has 6 nitrogen and oxygen atoms in total. The first-order valence-electron chi connectivity index (χ1n) is 5.43. The van der Waals surface area contributed by atoms with E-state index in [1.54, 1.807) is 0 Å². The molecule has 2 heterocycles. The lowest BCUT2D eigenvalue weighted by molar-refractivity contribution is 0.555. The maximum atomic E-state index is 4.47. The first-order chi connectivity index (χ1) is 7.97. The Morgan fingerprint density at radius 3 is 2.71 bits per heavy atom. The normalized spacial score (nSPS) is 13.6. The average molecular weight is 252 g/mol. The zero-order valence-corrected chi connectivity index (χ0v) is 11.2. The zero-order valence-electron chi connectivity index (χ0n) is 10.4. The maximum absolute atomic E-state index is 4.47. The van der Waals surface area contributed by atoms with Crippen LogP contribution in [0.5, 0.6) is 0 Å². The minimum Gasteiger partial charge on any atom is -0.351 e. The fourth-order valence-electron chi connectivity index (χ4n) is 1.26. The molecular weight excluding hydrogens is 236 g/mol. The number of hydrogen-bond acceptors (Lipinski definition) is 6. The Labute approximate surface area is 104 Å². The molecule has 0 aromatic carbocycles. The summed E-state index contributed by atoms with van der Waals surface area (Å²) in [5.41, 5.74) is -0.0219. The Balaban J connectivity index is 2.07. The van der Waals surface area contributed by atoms with Crippen molar-refractivity contribution in [2.24, 2.45) is 0 Å². The zero-order chi connectivity index (χ0) is 12.5. The smallest absolute Gasteiger partial charge is 0.203 e. The number of anilines is 1. The number of hydrogen-bond donors (Lipinski definition) is 2. The summed E-state index contributed by atoms with van der Waals surface area (Å²) >= 11 is 1.37. The van der Waals surface area contributed by atoms with E-state index in [0.717, 1.165) is 16.8 Å². The Kier molecular flexibility index (Phi) is 3.10. The van der Waals surface area contributed by atoms with Gasteiger partial charge in [-0.2, -0.15) is 9.47 Å². The maximum Gasteiger partial charge on any atom is 0.203 e. The van der Waals surface area contributed by atoms with E-state index >= 15 is 0 Å². The van der Waals surface area contributed by atoms with Crippen LogP contribution in [-0.4, -0.2) is 24.5 Å². The fourth-order valence-corrected chi connectivity index (χ4v) is 2.11. The number of nitrogens with one attached hydrogen (secondary N) is 2. The largest absolute Gasteiger partial charge is 0.351 e. The van der Waals surface area contributed by atoms with Crippen molar-refractivity contribution in [3.63, 3.8) is 0 Å². The lowest BCUT2D eigenvalue weighted by Gasteiger charge is -2.12. The highest BCUT2D eigenvalue weighted by Crippen LogP contribution is 2.24. The highest BCUT2D eigenvalue weighted by Gasteiger charge is 2.20. The summed E-state index contributed by atoms with van der Waals surface area (Å²) < 4.78 is 4.34. The van der Waals surface area contributed by atoms with Crippen molar-refractivity contribution in [3.05, 3.63) is 18.0 Å². The number of H-pyrrole nitrogens is 1. The lowest BCUT2D eigenvalue weighted by atomic mass is 9.96. The monoisotopic (exact) mass is 252 g/mol. The second-order valence-electron chi connectivity index (χ2n) is 4.91. The third kappa shape index (κ3) is 2.79. The summed E-state index contributed by atoms with van der Waals surface area (Å²) in [4.78, 5) is 8.56. The Hall–Kier alpha value is -1.50. The molecule has 0 amide bonds. The van der Waals surface area contributed by atoms with Crippen molar-refractivity contribution in [2.75, 3.05) is 5.32 Å². The molecule has 2 aromatic heterocycles. The van der Waals surface area contributed by atoms with E-state index in [1.165, 1.54) is 17.9 Å². The van der Waals surface area contributed by atoms with Crippen LogP contribution in [0.2, 0.25) is 0 Å². The Morgan fingerprint density at radius 1 is 1.41 bits per heavy atom. The van der Waals surface area contributed by atoms with Gasteiger partial charge in [0.25, 0.3) is 0 Å². The number of nitrogens with zero attached hydrogens (tertiary/aromatic N) is 4. The highest BCUT2D eigenvalue weighted by atomic mass is 32.1. The van der Waals surface area contributed by atoms with E-state index < -0.39 is 0 Å². The standard InChI is InChI=1S/C10H16N6S/c1-6(7-11-5-12-15-7)13-9-14-8(16-17-9)10(2,3)4/h5-6H,1-4H3,(H,11,12,15)(H,13,14,16). The van der Waals surface area contributed by atoms with Gasteiger partial charge in [0, 0.05) is 16.9 Å². The van der Waals surface area contributed by atoms with Gasteiger partial charge < -0.3 is 5.32 Å². The molecule has 2 N–H and O–H groups in total. The molecule has 1 unspecified atom stereocenters. The van der Waals surface area contributed by atoms with Crippen molar-refractivity contribution in [1.29, 1.82) is 0 Å². The second kappa shape index (κ2) is 4.40. The van der Waals surface area contributed by atoms with Crippen LogP contribution in [0.15, 0.2) is 6.33 Å². The third-order valence-electron chi connectivity index (χ3n) is 2.28. The van der Waals surface area contributed by atoms with Gasteiger partial charge >= 0.3 is 0 Å². The molecule has 17 heavy (non-hydrogen) atoms. The average Bonchev–Trinajstić information content (AvgIpc) is 2.85. The van der Waals surface area contributed by atoms with Crippen LogP contribution in [0.1, 0.15) is 45.4 Å². The molecule has 0 aliphatic carbocycles. The van der Waals surface area contributed by atoms with Crippen LogP contribution in [0, 0.1) is 0 Å². The molecule has 0 aliphatic rings. The first-order valence-corrected chi connectivity index (χ1v) is 6.20. The lowest BCUT2D eigenvalue weighted by Crippen LogP contribution is -2.14. The summed E-state index contributed by atoms with van der Waals surface area (Å²) in [5, 5.41) is 10.7. The minimum atomic E-state index is -0.0219. The Bertz CT molecular complexity index is 469. The van der Waals surface area contributed by atoms with Crippen molar-refractivity contribution in [1.82, 2.24) is 24.5 Å². The van der Waals surface area contributed by atoms with E-state index in [1.807, 2.05) is 6.92 Å². The number of aromatic nitrogens is 5. The van der Waals surface area contributed by atoms with Crippen LogP contribution in [0.3, 0.4) is 0 Å². The van der Waals surface area contributed by atoms with E-state index in [2.05, 4.69) is 50.6 Å². The first kappa shape index (κ1) is 12.0. The van der Waals surface area contributed by atoms with Gasteiger partial charge in [-0.3, -0.25) is 5.10 Å². The van der Waals surface area contributed by atoms with E-state index in [-0.39, 0.29) is 11.5 Å². The molecule has 0 saturated carbocycles. The molecule has 1 atom stereocenters. The number of aromatic amines is 1. The van der Waals surface area contributed by atoms with Crippen molar-refractivity contribution < 1.29 is 0 Å². The van der Waals surface area contributed by atoms with Crippen LogP contribution >= 0.6 is 11.5 Å². The van der Waals surface area contributed by atoms with Gasteiger partial charge in [0.2, 0.25) is 5.13 Å². The van der Waals surface area contributed by atoms with Crippen LogP contribution in [0.25, 0.3) is 0 Å². The molecule has 0 fully saturated rings. The highest BCUT2D eigenvalue weighted by molar-refractivity contribution is 7.09. The van der Waals surface area contributed by atoms with Gasteiger partial charge in [0.15, 0.2) is 0 Å². The summed E-state index contributed by atoms with van der Waals surface area (Å²) in [7, 11) is 0. The van der Waals surface area contributed by atoms with Crippen LogP contribution in [-0.2, 0) is 5.41 Å². The molecule has 2 rings (SSSR count). The minimum absolute atomic E-state index is 0.0219. The quantitative estimate of drug-likeness (QED) is 0.874. The van der Waals surface area contributed by atoms with Gasteiger partial charge in [-0.15, -0.1) is 0 Å². The van der Waals surface area contributed by atoms with Gasteiger partial charge in [0.1, 0.15) is 18.0 Å². The fraction of sp³-hybridized carbons (Fsp3) is 0.600. The SMILES string of the molecule is CC(Nc1nc(C(C)(C)C)ns1)c1ncn[nH]1. The van der Waals surface area contributed by atoms with Crippen molar-refractivity contribution in [2.45, 2.75) is 39.2 Å². The third-order valence-corrected chi connectivity index (χ3v) is 2.93. The molecule has 0 aliphatic heterocycles. The van der Waals surface area contributed by atoms with Crippen molar-refractivity contribution >= 4 is 16.7 Å². The predicted molar refractivity (Wildman–Crippen MR) is 67.0 cm³/mol. The van der Waals surface area contributed by atoms with E-state index in [4.69, 9.17) is 0 Å². The molecule has 0 saturated heterocycles. The van der Waals surface area contributed by atoms with Crippen LogP contribution in [0.4, 0.5) is 5.13 Å². The molecule has 0 radical (unpaired) electrons. The van der Waals surface area contributed by atoms with Gasteiger partial charge in [-0.05, 0) is 6.92 Å². The van der Waals surface area contributed by atoms with Gasteiger partial charge in [0.05, 0.1) is 6.04 Å². The molecule has 2 aromatic rings.